The molecule has 0 saturated heterocycles. The summed E-state index contributed by atoms with van der Waals surface area (Å²) in [5.74, 6) is 0. The minimum absolute atomic E-state index is 0.469. The highest BCUT2D eigenvalue weighted by atomic mass is 79.9. The smallest absolute Gasteiger partial charge is 0.0175 e. The maximum absolute atomic E-state index is 3.48. The Hall–Kier alpha value is -1.12. The zero-order chi connectivity index (χ0) is 14.5. The second kappa shape index (κ2) is 7.05. The number of benzene rings is 2. The van der Waals surface area contributed by atoms with E-state index in [1.54, 1.807) is 0 Å². The number of aryl methyl sites for hydroxylation is 2. The molecule has 2 rings (SSSR count). The van der Waals surface area contributed by atoms with Gasteiger partial charge in [-0.1, -0.05) is 51.8 Å². The second-order valence-electron chi connectivity index (χ2n) is 5.45. The van der Waals surface area contributed by atoms with Crippen molar-refractivity contribution in [2.24, 2.45) is 0 Å². The molecular weight excluding hydrogens is 310 g/mol. The monoisotopic (exact) mass is 331 g/mol. The van der Waals surface area contributed by atoms with Crippen LogP contribution in [0, 0.1) is 13.8 Å². The SMILES string of the molecule is CNC(Cc1ccc(Br)cc1)Cc1cc(C)ccc1C. The van der Waals surface area contributed by atoms with E-state index in [0.29, 0.717) is 6.04 Å². The number of rotatable bonds is 5. The number of halogens is 1. The van der Waals surface area contributed by atoms with Gasteiger partial charge in [-0.05, 0) is 62.6 Å². The Morgan fingerprint density at radius 1 is 1.00 bits per heavy atom. The van der Waals surface area contributed by atoms with Crippen LogP contribution in [-0.4, -0.2) is 13.1 Å². The molecule has 20 heavy (non-hydrogen) atoms. The summed E-state index contributed by atoms with van der Waals surface area (Å²) in [5, 5.41) is 3.45. The molecule has 0 amide bonds. The lowest BCUT2D eigenvalue weighted by Crippen LogP contribution is -2.30. The Bertz CT molecular complexity index is 560. The van der Waals surface area contributed by atoms with Crippen molar-refractivity contribution in [2.45, 2.75) is 32.7 Å². The number of likely N-dealkylation sites (N-methyl/N-ethyl adjacent to an activating group) is 1. The maximum atomic E-state index is 3.48. The number of hydrogen-bond acceptors (Lipinski definition) is 1. The van der Waals surface area contributed by atoms with Gasteiger partial charge < -0.3 is 5.32 Å². The highest BCUT2D eigenvalue weighted by Gasteiger charge is 2.10. The van der Waals surface area contributed by atoms with Crippen molar-refractivity contribution in [3.8, 4) is 0 Å². The quantitative estimate of drug-likeness (QED) is 0.854. The van der Waals surface area contributed by atoms with E-state index >= 15 is 0 Å². The van der Waals surface area contributed by atoms with Crippen molar-refractivity contribution < 1.29 is 0 Å². The van der Waals surface area contributed by atoms with E-state index in [9.17, 15) is 0 Å². The number of nitrogens with one attached hydrogen (secondary N) is 1. The fourth-order valence-electron chi connectivity index (χ4n) is 2.47. The molecular formula is C18H22BrN. The summed E-state index contributed by atoms with van der Waals surface area (Å²) >= 11 is 3.48. The molecule has 0 aliphatic rings. The Kier molecular flexibility index (Phi) is 5.38. The van der Waals surface area contributed by atoms with Crippen molar-refractivity contribution in [1.29, 1.82) is 0 Å². The van der Waals surface area contributed by atoms with E-state index < -0.39 is 0 Å². The van der Waals surface area contributed by atoms with Gasteiger partial charge >= 0.3 is 0 Å². The van der Waals surface area contributed by atoms with E-state index in [1.807, 2.05) is 0 Å². The fraction of sp³-hybridized carbons (Fsp3) is 0.333. The lowest BCUT2D eigenvalue weighted by Gasteiger charge is -2.18. The summed E-state index contributed by atoms with van der Waals surface area (Å²) in [4.78, 5) is 0. The van der Waals surface area contributed by atoms with E-state index in [0.717, 1.165) is 17.3 Å². The van der Waals surface area contributed by atoms with Crippen LogP contribution in [0.15, 0.2) is 46.9 Å². The molecule has 2 aromatic rings. The molecule has 1 atom stereocenters. The third kappa shape index (κ3) is 4.19. The molecule has 0 spiro atoms. The molecule has 2 heteroatoms. The molecule has 0 aromatic heterocycles. The molecule has 106 valence electrons. The van der Waals surface area contributed by atoms with Crippen LogP contribution in [0.5, 0.6) is 0 Å². The van der Waals surface area contributed by atoms with Crippen molar-refractivity contribution in [2.75, 3.05) is 7.05 Å². The van der Waals surface area contributed by atoms with Gasteiger partial charge in [0, 0.05) is 10.5 Å². The van der Waals surface area contributed by atoms with Crippen LogP contribution in [0.25, 0.3) is 0 Å². The zero-order valence-corrected chi connectivity index (χ0v) is 14.0. The maximum Gasteiger partial charge on any atom is 0.0175 e. The lowest BCUT2D eigenvalue weighted by atomic mass is 9.95. The van der Waals surface area contributed by atoms with Gasteiger partial charge in [0.15, 0.2) is 0 Å². The minimum atomic E-state index is 0.469. The number of hydrogen-bond donors (Lipinski definition) is 1. The Morgan fingerprint density at radius 3 is 2.35 bits per heavy atom. The molecule has 1 unspecified atom stereocenters. The fourth-order valence-corrected chi connectivity index (χ4v) is 2.73. The first-order chi connectivity index (χ1) is 9.58. The van der Waals surface area contributed by atoms with Gasteiger partial charge in [-0.3, -0.25) is 0 Å². The van der Waals surface area contributed by atoms with Crippen molar-refractivity contribution in [1.82, 2.24) is 5.32 Å². The van der Waals surface area contributed by atoms with Gasteiger partial charge in [0.25, 0.3) is 0 Å². The van der Waals surface area contributed by atoms with Gasteiger partial charge in [0.1, 0.15) is 0 Å². The lowest BCUT2D eigenvalue weighted by molar-refractivity contribution is 0.555. The zero-order valence-electron chi connectivity index (χ0n) is 12.4. The molecule has 1 N–H and O–H groups in total. The Balaban J connectivity index is 2.08. The van der Waals surface area contributed by atoms with Crippen LogP contribution in [0.1, 0.15) is 22.3 Å². The highest BCUT2D eigenvalue weighted by Crippen LogP contribution is 2.16. The molecule has 0 heterocycles. The average Bonchev–Trinajstić information content (AvgIpc) is 2.44. The average molecular weight is 332 g/mol. The van der Waals surface area contributed by atoms with Crippen molar-refractivity contribution in [3.63, 3.8) is 0 Å². The van der Waals surface area contributed by atoms with Crippen LogP contribution in [0.3, 0.4) is 0 Å². The first kappa shape index (κ1) is 15.3. The van der Waals surface area contributed by atoms with Gasteiger partial charge in [-0.2, -0.15) is 0 Å². The van der Waals surface area contributed by atoms with Crippen molar-refractivity contribution in [3.05, 3.63) is 69.2 Å². The molecule has 2 aromatic carbocycles. The van der Waals surface area contributed by atoms with Crippen LogP contribution in [0.2, 0.25) is 0 Å². The first-order valence-corrected chi connectivity index (χ1v) is 7.85. The van der Waals surface area contributed by atoms with Gasteiger partial charge in [0.2, 0.25) is 0 Å². The molecule has 0 bridgehead atoms. The Labute approximate surface area is 130 Å². The third-order valence-corrected chi connectivity index (χ3v) is 4.30. The van der Waals surface area contributed by atoms with E-state index in [1.165, 1.54) is 22.3 Å². The largest absolute Gasteiger partial charge is 0.316 e. The molecule has 0 aliphatic carbocycles. The summed E-state index contributed by atoms with van der Waals surface area (Å²) in [6.45, 7) is 4.35. The standard InChI is InChI=1S/C18H22BrN/c1-13-4-5-14(2)16(10-13)12-18(20-3)11-15-6-8-17(19)9-7-15/h4-10,18,20H,11-12H2,1-3H3. The minimum Gasteiger partial charge on any atom is -0.316 e. The molecule has 0 radical (unpaired) electrons. The van der Waals surface area contributed by atoms with Crippen LogP contribution >= 0.6 is 15.9 Å². The normalized spacial score (nSPS) is 12.4. The first-order valence-electron chi connectivity index (χ1n) is 7.06. The van der Waals surface area contributed by atoms with E-state index in [4.69, 9.17) is 0 Å². The summed E-state index contributed by atoms with van der Waals surface area (Å²) in [5.41, 5.74) is 5.54. The Morgan fingerprint density at radius 2 is 1.70 bits per heavy atom. The predicted octanol–water partition coefficient (Wildman–Crippen LogP) is 4.44. The van der Waals surface area contributed by atoms with E-state index in [-0.39, 0.29) is 0 Å². The summed E-state index contributed by atoms with van der Waals surface area (Å²) in [6, 6.07) is 15.8. The van der Waals surface area contributed by atoms with Gasteiger partial charge in [-0.25, -0.2) is 0 Å². The van der Waals surface area contributed by atoms with Gasteiger partial charge in [-0.15, -0.1) is 0 Å². The topological polar surface area (TPSA) is 12.0 Å². The second-order valence-corrected chi connectivity index (χ2v) is 6.37. The summed E-state index contributed by atoms with van der Waals surface area (Å²) in [6.07, 6.45) is 2.12. The van der Waals surface area contributed by atoms with Crippen LogP contribution in [0.4, 0.5) is 0 Å². The van der Waals surface area contributed by atoms with E-state index in [2.05, 4.69) is 84.6 Å². The summed E-state index contributed by atoms with van der Waals surface area (Å²) < 4.78 is 1.14. The molecule has 1 nitrogen and oxygen atoms in total. The molecule has 0 saturated carbocycles. The predicted molar refractivity (Wildman–Crippen MR) is 90.3 cm³/mol. The molecule has 0 aliphatic heterocycles. The summed E-state index contributed by atoms with van der Waals surface area (Å²) in [7, 11) is 2.05. The van der Waals surface area contributed by atoms with Crippen molar-refractivity contribution >= 4 is 15.9 Å². The van der Waals surface area contributed by atoms with Crippen LogP contribution < -0.4 is 5.32 Å². The third-order valence-electron chi connectivity index (χ3n) is 3.77. The van der Waals surface area contributed by atoms with Gasteiger partial charge in [0.05, 0.1) is 0 Å². The molecule has 0 fully saturated rings. The van der Waals surface area contributed by atoms with Crippen LogP contribution in [-0.2, 0) is 12.8 Å². The highest BCUT2D eigenvalue weighted by molar-refractivity contribution is 9.10.